The van der Waals surface area contributed by atoms with Gasteiger partial charge in [-0.1, -0.05) is 6.42 Å². The van der Waals surface area contributed by atoms with Crippen LogP contribution in [0.25, 0.3) is 0 Å². The van der Waals surface area contributed by atoms with Crippen LogP contribution in [-0.2, 0) is 15.6 Å². The van der Waals surface area contributed by atoms with Gasteiger partial charge in [0.25, 0.3) is 0 Å². The van der Waals surface area contributed by atoms with Gasteiger partial charge in [0.2, 0.25) is 5.91 Å². The summed E-state index contributed by atoms with van der Waals surface area (Å²) in [6.45, 7) is 0. The molecule has 3 nitrogen and oxygen atoms in total. The maximum Gasteiger partial charge on any atom is 0.233 e. The van der Waals surface area contributed by atoms with Crippen molar-refractivity contribution >= 4 is 16.7 Å². The molecule has 1 amide bonds. The molecule has 1 heterocycles. The minimum atomic E-state index is -0.983. The van der Waals surface area contributed by atoms with Gasteiger partial charge in [0.1, 0.15) is 5.25 Å². The SMILES string of the molecule is NC(=O)C1CCCCS1=O. The van der Waals surface area contributed by atoms with E-state index in [-0.39, 0.29) is 5.25 Å². The first kappa shape index (κ1) is 7.72. The molecule has 0 aromatic rings. The van der Waals surface area contributed by atoms with E-state index in [9.17, 15) is 9.00 Å². The number of primary amides is 1. The van der Waals surface area contributed by atoms with E-state index in [0.29, 0.717) is 12.2 Å². The van der Waals surface area contributed by atoms with Crippen molar-refractivity contribution in [3.8, 4) is 0 Å². The Hall–Kier alpha value is -0.380. The lowest BCUT2D eigenvalue weighted by Crippen LogP contribution is -2.35. The molecule has 4 heteroatoms. The second-order valence-corrected chi connectivity index (χ2v) is 4.21. The van der Waals surface area contributed by atoms with Crippen LogP contribution in [0.3, 0.4) is 0 Å². The Morgan fingerprint density at radius 1 is 1.50 bits per heavy atom. The Labute approximate surface area is 62.4 Å². The van der Waals surface area contributed by atoms with E-state index in [1.54, 1.807) is 0 Å². The molecule has 1 aliphatic rings. The average Bonchev–Trinajstić information content (AvgIpc) is 1.88. The van der Waals surface area contributed by atoms with Crippen molar-refractivity contribution in [2.45, 2.75) is 24.5 Å². The molecule has 1 saturated heterocycles. The van der Waals surface area contributed by atoms with Crippen LogP contribution < -0.4 is 5.73 Å². The van der Waals surface area contributed by atoms with Gasteiger partial charge in [0.15, 0.2) is 0 Å². The summed E-state index contributed by atoms with van der Waals surface area (Å²) in [6.07, 6.45) is 2.66. The van der Waals surface area contributed by atoms with Gasteiger partial charge >= 0.3 is 0 Å². The predicted molar refractivity (Wildman–Crippen MR) is 39.8 cm³/mol. The van der Waals surface area contributed by atoms with Crippen LogP contribution in [0, 0.1) is 0 Å². The fraction of sp³-hybridized carbons (Fsp3) is 0.833. The summed E-state index contributed by atoms with van der Waals surface area (Å²) in [5.41, 5.74) is 5.03. The third-order valence-electron chi connectivity index (χ3n) is 1.70. The van der Waals surface area contributed by atoms with Crippen LogP contribution in [-0.4, -0.2) is 21.1 Å². The van der Waals surface area contributed by atoms with Crippen LogP contribution in [0.5, 0.6) is 0 Å². The Balaban J connectivity index is 2.56. The summed E-state index contributed by atoms with van der Waals surface area (Å²) in [5.74, 6) is 0.242. The highest BCUT2D eigenvalue weighted by Gasteiger charge is 2.25. The number of rotatable bonds is 1. The van der Waals surface area contributed by atoms with Gasteiger partial charge in [-0.25, -0.2) is 0 Å². The van der Waals surface area contributed by atoms with Gasteiger partial charge < -0.3 is 5.73 Å². The summed E-state index contributed by atoms with van der Waals surface area (Å²) in [6, 6.07) is 0. The number of amides is 1. The summed E-state index contributed by atoms with van der Waals surface area (Å²) in [4.78, 5) is 10.6. The highest BCUT2D eigenvalue weighted by molar-refractivity contribution is 7.86. The minimum Gasteiger partial charge on any atom is -0.369 e. The zero-order valence-electron chi connectivity index (χ0n) is 5.71. The van der Waals surface area contributed by atoms with E-state index in [4.69, 9.17) is 5.73 Å². The Morgan fingerprint density at radius 2 is 2.20 bits per heavy atom. The van der Waals surface area contributed by atoms with Crippen molar-refractivity contribution in [1.29, 1.82) is 0 Å². The lowest BCUT2D eigenvalue weighted by Gasteiger charge is -2.17. The smallest absolute Gasteiger partial charge is 0.233 e. The fourth-order valence-corrected chi connectivity index (χ4v) is 2.58. The molecule has 2 unspecified atom stereocenters. The van der Waals surface area contributed by atoms with Gasteiger partial charge in [0, 0.05) is 16.6 Å². The Morgan fingerprint density at radius 3 is 2.60 bits per heavy atom. The third-order valence-corrected chi connectivity index (χ3v) is 3.49. The molecule has 58 valence electrons. The second-order valence-electron chi connectivity index (χ2n) is 2.47. The van der Waals surface area contributed by atoms with Crippen LogP contribution in [0.4, 0.5) is 0 Å². The number of hydrogen-bond donors (Lipinski definition) is 1. The third kappa shape index (κ3) is 1.56. The topological polar surface area (TPSA) is 60.2 Å². The summed E-state index contributed by atoms with van der Waals surface area (Å²) < 4.78 is 11.0. The molecule has 0 aliphatic carbocycles. The van der Waals surface area contributed by atoms with Crippen molar-refractivity contribution in [1.82, 2.24) is 0 Å². The molecule has 1 rings (SSSR count). The maximum atomic E-state index is 11.0. The van der Waals surface area contributed by atoms with Gasteiger partial charge in [-0.3, -0.25) is 9.00 Å². The number of nitrogens with two attached hydrogens (primary N) is 1. The highest BCUT2D eigenvalue weighted by Crippen LogP contribution is 2.15. The van der Waals surface area contributed by atoms with Crippen molar-refractivity contribution < 1.29 is 9.00 Å². The zero-order valence-corrected chi connectivity index (χ0v) is 6.52. The fourth-order valence-electron chi connectivity index (χ4n) is 1.12. The molecule has 0 aromatic carbocycles. The molecule has 0 radical (unpaired) electrons. The molecule has 0 spiro atoms. The number of hydrogen-bond acceptors (Lipinski definition) is 2. The molecule has 2 N–H and O–H groups in total. The zero-order chi connectivity index (χ0) is 7.56. The monoisotopic (exact) mass is 161 g/mol. The van der Waals surface area contributed by atoms with Crippen molar-refractivity contribution in [3.63, 3.8) is 0 Å². The predicted octanol–water partition coefficient (Wildman–Crippen LogP) is -0.227. The van der Waals surface area contributed by atoms with Gasteiger partial charge in [0.05, 0.1) is 0 Å². The first-order chi connectivity index (χ1) is 4.72. The summed E-state index contributed by atoms with van der Waals surface area (Å²) in [5, 5.41) is -0.367. The van der Waals surface area contributed by atoms with Gasteiger partial charge in [-0.15, -0.1) is 0 Å². The molecular formula is C6H11NO2S. The van der Waals surface area contributed by atoms with Crippen LogP contribution in [0.1, 0.15) is 19.3 Å². The largest absolute Gasteiger partial charge is 0.369 e. The first-order valence-corrected chi connectivity index (χ1v) is 4.76. The van der Waals surface area contributed by atoms with E-state index < -0.39 is 16.7 Å². The molecule has 0 aromatic heterocycles. The van der Waals surface area contributed by atoms with Crippen LogP contribution >= 0.6 is 0 Å². The lowest BCUT2D eigenvalue weighted by atomic mass is 10.2. The van der Waals surface area contributed by atoms with Gasteiger partial charge in [-0.05, 0) is 12.8 Å². The van der Waals surface area contributed by atoms with E-state index in [1.807, 2.05) is 0 Å². The molecule has 2 atom stereocenters. The molecule has 0 bridgehead atoms. The van der Waals surface area contributed by atoms with E-state index >= 15 is 0 Å². The Bertz CT molecular complexity index is 169. The van der Waals surface area contributed by atoms with E-state index in [2.05, 4.69) is 0 Å². The quantitative estimate of drug-likeness (QED) is 0.577. The molecule has 0 saturated carbocycles. The lowest BCUT2D eigenvalue weighted by molar-refractivity contribution is -0.117. The molecular weight excluding hydrogens is 150 g/mol. The normalized spacial score (nSPS) is 33.6. The minimum absolute atomic E-state index is 0.367. The number of carbonyl (C=O) groups is 1. The highest BCUT2D eigenvalue weighted by atomic mass is 32.2. The maximum absolute atomic E-state index is 11.0. The molecule has 1 fully saturated rings. The first-order valence-electron chi connectivity index (χ1n) is 3.38. The van der Waals surface area contributed by atoms with Crippen LogP contribution in [0.15, 0.2) is 0 Å². The second kappa shape index (κ2) is 3.14. The van der Waals surface area contributed by atoms with E-state index in [0.717, 1.165) is 12.8 Å². The van der Waals surface area contributed by atoms with Crippen molar-refractivity contribution in [3.05, 3.63) is 0 Å². The standard InChI is InChI=1S/C6H11NO2S/c7-6(8)5-3-1-2-4-10(5)9/h5H,1-4H2,(H2,7,8). The van der Waals surface area contributed by atoms with Crippen molar-refractivity contribution in [2.24, 2.45) is 5.73 Å². The summed E-state index contributed by atoms with van der Waals surface area (Å²) in [7, 11) is -0.983. The molecule has 1 aliphatic heterocycles. The molecule has 10 heavy (non-hydrogen) atoms. The van der Waals surface area contributed by atoms with Crippen LogP contribution in [0.2, 0.25) is 0 Å². The van der Waals surface area contributed by atoms with Crippen molar-refractivity contribution in [2.75, 3.05) is 5.75 Å². The average molecular weight is 161 g/mol. The van der Waals surface area contributed by atoms with E-state index in [1.165, 1.54) is 0 Å². The van der Waals surface area contributed by atoms with Gasteiger partial charge in [-0.2, -0.15) is 0 Å². The number of carbonyl (C=O) groups excluding carboxylic acids is 1. The summed E-state index contributed by atoms with van der Waals surface area (Å²) >= 11 is 0. The Kier molecular flexibility index (Phi) is 2.43.